The van der Waals surface area contributed by atoms with Crippen LogP contribution < -0.4 is 11.1 Å². The summed E-state index contributed by atoms with van der Waals surface area (Å²) in [5.74, 6) is -0.214. The van der Waals surface area contributed by atoms with Crippen molar-refractivity contribution in [2.75, 3.05) is 11.1 Å². The minimum absolute atomic E-state index is 0.214. The van der Waals surface area contributed by atoms with E-state index in [9.17, 15) is 4.79 Å². The number of halogens is 2. The number of hydrogen-bond acceptors (Lipinski definition) is 2. The predicted molar refractivity (Wildman–Crippen MR) is 84.7 cm³/mol. The highest BCUT2D eigenvalue weighted by Crippen LogP contribution is 2.27. The van der Waals surface area contributed by atoms with Gasteiger partial charge in [-0.25, -0.2) is 0 Å². The maximum atomic E-state index is 12.2. The zero-order valence-electron chi connectivity index (χ0n) is 11.1. The Morgan fingerprint density at radius 2 is 1.75 bits per heavy atom. The van der Waals surface area contributed by atoms with Gasteiger partial charge in [0.05, 0.1) is 10.7 Å². The molecule has 20 heavy (non-hydrogen) atoms. The van der Waals surface area contributed by atoms with Gasteiger partial charge < -0.3 is 11.1 Å². The number of amides is 1. The van der Waals surface area contributed by atoms with Gasteiger partial charge in [0.1, 0.15) is 0 Å². The number of carbonyl (C=O) groups excluding carboxylic acids is 1. The van der Waals surface area contributed by atoms with E-state index in [1.165, 1.54) is 0 Å². The summed E-state index contributed by atoms with van der Waals surface area (Å²) in [6, 6.07) is 8.50. The number of benzene rings is 2. The van der Waals surface area contributed by atoms with Crippen LogP contribution in [0.1, 0.15) is 21.5 Å². The molecule has 0 unspecified atom stereocenters. The molecule has 0 spiro atoms. The molecule has 0 atom stereocenters. The summed E-state index contributed by atoms with van der Waals surface area (Å²) in [5.41, 5.74) is 9.09. The van der Waals surface area contributed by atoms with Crippen molar-refractivity contribution in [1.29, 1.82) is 0 Å². The van der Waals surface area contributed by atoms with Gasteiger partial charge in [0.15, 0.2) is 0 Å². The molecular formula is C15H14Cl2N2O. The largest absolute Gasteiger partial charge is 0.398 e. The second-order valence-electron chi connectivity index (χ2n) is 4.61. The van der Waals surface area contributed by atoms with Crippen LogP contribution in [0.25, 0.3) is 0 Å². The topological polar surface area (TPSA) is 55.1 Å². The summed E-state index contributed by atoms with van der Waals surface area (Å²) in [4.78, 5) is 12.2. The average Bonchev–Trinajstić information content (AvgIpc) is 2.39. The number of nitrogens with one attached hydrogen (secondary N) is 1. The van der Waals surface area contributed by atoms with Crippen LogP contribution in [0.3, 0.4) is 0 Å². The van der Waals surface area contributed by atoms with Gasteiger partial charge in [0.25, 0.3) is 5.91 Å². The number of hydrogen-bond donors (Lipinski definition) is 2. The average molecular weight is 309 g/mol. The molecule has 0 radical (unpaired) electrons. The molecule has 3 N–H and O–H groups in total. The van der Waals surface area contributed by atoms with Gasteiger partial charge >= 0.3 is 0 Å². The Bertz CT molecular complexity index is 684. The van der Waals surface area contributed by atoms with Gasteiger partial charge in [-0.1, -0.05) is 23.2 Å². The number of anilines is 2. The SMILES string of the molecule is Cc1cc(C(=O)Nc2cc(Cl)c(N)cc2C)ccc1Cl. The molecule has 3 nitrogen and oxygen atoms in total. The lowest BCUT2D eigenvalue weighted by Gasteiger charge is -2.11. The zero-order chi connectivity index (χ0) is 14.9. The lowest BCUT2D eigenvalue weighted by atomic mass is 10.1. The van der Waals surface area contributed by atoms with Crippen molar-refractivity contribution in [2.45, 2.75) is 13.8 Å². The van der Waals surface area contributed by atoms with Crippen molar-refractivity contribution in [3.63, 3.8) is 0 Å². The van der Waals surface area contributed by atoms with Crippen molar-refractivity contribution in [3.05, 3.63) is 57.1 Å². The molecule has 2 aromatic rings. The first-order valence-corrected chi connectivity index (χ1v) is 6.77. The Morgan fingerprint density at radius 1 is 1.05 bits per heavy atom. The first-order valence-electron chi connectivity index (χ1n) is 6.01. The summed E-state index contributed by atoms with van der Waals surface area (Å²) in [6.45, 7) is 3.71. The number of nitrogens with two attached hydrogens (primary N) is 1. The molecule has 0 bridgehead atoms. The number of rotatable bonds is 2. The lowest BCUT2D eigenvalue weighted by Crippen LogP contribution is -2.13. The van der Waals surface area contributed by atoms with Crippen molar-refractivity contribution in [2.24, 2.45) is 0 Å². The molecule has 0 aliphatic carbocycles. The monoisotopic (exact) mass is 308 g/mol. The van der Waals surface area contributed by atoms with E-state index in [-0.39, 0.29) is 5.91 Å². The van der Waals surface area contributed by atoms with Crippen LogP contribution in [0.15, 0.2) is 30.3 Å². The maximum absolute atomic E-state index is 12.2. The molecule has 2 rings (SSSR count). The Hall–Kier alpha value is -1.71. The van der Waals surface area contributed by atoms with Crippen LogP contribution in [0.2, 0.25) is 10.0 Å². The fraction of sp³-hybridized carbons (Fsp3) is 0.133. The van der Waals surface area contributed by atoms with Gasteiger partial charge in [-0.2, -0.15) is 0 Å². The van der Waals surface area contributed by atoms with E-state index in [4.69, 9.17) is 28.9 Å². The lowest BCUT2D eigenvalue weighted by molar-refractivity contribution is 0.102. The summed E-state index contributed by atoms with van der Waals surface area (Å²) >= 11 is 11.9. The van der Waals surface area contributed by atoms with Crippen LogP contribution in [-0.2, 0) is 0 Å². The molecule has 0 saturated carbocycles. The molecule has 104 valence electrons. The quantitative estimate of drug-likeness (QED) is 0.806. The minimum atomic E-state index is -0.214. The molecule has 0 aliphatic heterocycles. The van der Waals surface area contributed by atoms with E-state index < -0.39 is 0 Å². The van der Waals surface area contributed by atoms with E-state index in [0.29, 0.717) is 27.0 Å². The highest BCUT2D eigenvalue weighted by atomic mass is 35.5. The van der Waals surface area contributed by atoms with E-state index in [1.807, 2.05) is 13.8 Å². The normalized spacial score (nSPS) is 10.4. The smallest absolute Gasteiger partial charge is 0.255 e. The van der Waals surface area contributed by atoms with Crippen molar-refractivity contribution in [3.8, 4) is 0 Å². The van der Waals surface area contributed by atoms with Crippen LogP contribution in [0, 0.1) is 13.8 Å². The van der Waals surface area contributed by atoms with Crippen LogP contribution >= 0.6 is 23.2 Å². The third-order valence-electron chi connectivity index (χ3n) is 3.01. The Morgan fingerprint density at radius 3 is 2.40 bits per heavy atom. The van der Waals surface area contributed by atoms with Crippen molar-refractivity contribution < 1.29 is 4.79 Å². The molecule has 2 aromatic carbocycles. The van der Waals surface area contributed by atoms with Crippen LogP contribution in [0.5, 0.6) is 0 Å². The van der Waals surface area contributed by atoms with Gasteiger partial charge in [-0.05, 0) is 55.3 Å². The third-order valence-corrected chi connectivity index (χ3v) is 3.76. The van der Waals surface area contributed by atoms with E-state index >= 15 is 0 Å². The predicted octanol–water partition coefficient (Wildman–Crippen LogP) is 4.44. The highest BCUT2D eigenvalue weighted by molar-refractivity contribution is 6.33. The number of nitrogen functional groups attached to an aromatic ring is 1. The first-order chi connectivity index (χ1) is 9.38. The Kier molecular flexibility index (Phi) is 4.21. The maximum Gasteiger partial charge on any atom is 0.255 e. The first kappa shape index (κ1) is 14.7. The van der Waals surface area contributed by atoms with Crippen LogP contribution in [0.4, 0.5) is 11.4 Å². The molecule has 0 aromatic heterocycles. The van der Waals surface area contributed by atoms with E-state index in [2.05, 4.69) is 5.32 Å². The van der Waals surface area contributed by atoms with E-state index in [1.54, 1.807) is 30.3 Å². The van der Waals surface area contributed by atoms with Crippen molar-refractivity contribution in [1.82, 2.24) is 0 Å². The molecule has 0 aliphatic rings. The Balaban J connectivity index is 2.27. The minimum Gasteiger partial charge on any atom is -0.398 e. The van der Waals surface area contributed by atoms with E-state index in [0.717, 1.165) is 11.1 Å². The summed E-state index contributed by atoms with van der Waals surface area (Å²) < 4.78 is 0. The molecule has 0 fully saturated rings. The number of aryl methyl sites for hydroxylation is 2. The second kappa shape index (κ2) is 5.73. The molecule has 0 heterocycles. The fourth-order valence-electron chi connectivity index (χ4n) is 1.82. The zero-order valence-corrected chi connectivity index (χ0v) is 12.6. The molecule has 1 amide bonds. The van der Waals surface area contributed by atoms with Gasteiger partial charge in [-0.3, -0.25) is 4.79 Å². The fourth-order valence-corrected chi connectivity index (χ4v) is 2.10. The number of carbonyl (C=O) groups is 1. The van der Waals surface area contributed by atoms with Gasteiger partial charge in [-0.15, -0.1) is 0 Å². The highest BCUT2D eigenvalue weighted by Gasteiger charge is 2.10. The molecule has 5 heteroatoms. The summed E-state index contributed by atoms with van der Waals surface area (Å²) in [6.07, 6.45) is 0. The Labute approximate surface area is 127 Å². The standard InChI is InChI=1S/C15H14Cl2N2O/c1-8-5-10(3-4-11(8)16)15(20)19-14-7-12(17)13(18)6-9(14)2/h3-7H,18H2,1-2H3,(H,19,20). The van der Waals surface area contributed by atoms with Crippen LogP contribution in [-0.4, -0.2) is 5.91 Å². The summed E-state index contributed by atoms with van der Waals surface area (Å²) in [5, 5.41) is 3.87. The van der Waals surface area contributed by atoms with Gasteiger partial charge in [0.2, 0.25) is 0 Å². The second-order valence-corrected chi connectivity index (χ2v) is 5.42. The van der Waals surface area contributed by atoms with Crippen molar-refractivity contribution >= 4 is 40.5 Å². The molecule has 0 saturated heterocycles. The summed E-state index contributed by atoms with van der Waals surface area (Å²) in [7, 11) is 0. The van der Waals surface area contributed by atoms with Gasteiger partial charge in [0, 0.05) is 16.3 Å². The molecular weight excluding hydrogens is 295 g/mol. The third kappa shape index (κ3) is 3.06.